The van der Waals surface area contributed by atoms with E-state index in [4.69, 9.17) is 9.15 Å². The first-order valence-corrected chi connectivity index (χ1v) is 10.6. The van der Waals surface area contributed by atoms with Crippen LogP contribution in [0, 0.1) is 13.8 Å². The number of hydrogen-bond donors (Lipinski definition) is 0. The second kappa shape index (κ2) is 8.07. The van der Waals surface area contributed by atoms with E-state index < -0.39 is 0 Å². The molecule has 0 unspecified atom stereocenters. The first-order chi connectivity index (χ1) is 14.7. The van der Waals surface area contributed by atoms with Crippen LogP contribution in [-0.4, -0.2) is 0 Å². The lowest BCUT2D eigenvalue weighted by atomic mass is 9.86. The maximum Gasteiger partial charge on any atom is 0.235 e. The minimum Gasteiger partial charge on any atom is -0.481 e. The summed E-state index contributed by atoms with van der Waals surface area (Å²) >= 11 is 0. The first-order valence-electron chi connectivity index (χ1n) is 10.6. The van der Waals surface area contributed by atoms with Crippen molar-refractivity contribution in [1.82, 2.24) is 0 Å². The van der Waals surface area contributed by atoms with Gasteiger partial charge in [-0.1, -0.05) is 80.9 Å². The van der Waals surface area contributed by atoms with Crippen LogP contribution in [0.5, 0.6) is 5.75 Å². The lowest BCUT2D eigenvalue weighted by Crippen LogP contribution is -2.11. The highest BCUT2D eigenvalue weighted by Gasteiger charge is 2.19. The predicted octanol–water partition coefficient (Wildman–Crippen LogP) is 6.95. The molecule has 0 aliphatic heterocycles. The SMILES string of the molecule is Cc1ccc(COc2c(-c3ccc(C(C)(C)C)cc3)oc3cc(C)ccc3c2=O)cc1. The van der Waals surface area contributed by atoms with Gasteiger partial charge in [-0.25, -0.2) is 0 Å². The molecule has 1 heterocycles. The lowest BCUT2D eigenvalue weighted by Gasteiger charge is -2.19. The molecule has 3 heteroatoms. The Kier molecular flexibility index (Phi) is 5.45. The van der Waals surface area contributed by atoms with Gasteiger partial charge in [0.1, 0.15) is 12.2 Å². The molecule has 0 aliphatic carbocycles. The Morgan fingerprint density at radius 3 is 2.13 bits per heavy atom. The van der Waals surface area contributed by atoms with Crippen molar-refractivity contribution in [3.05, 3.63) is 99.2 Å². The molecule has 158 valence electrons. The second-order valence-corrected chi connectivity index (χ2v) is 9.19. The van der Waals surface area contributed by atoms with Crippen molar-refractivity contribution in [3.8, 4) is 17.1 Å². The molecular formula is C28H28O3. The Balaban J connectivity index is 1.82. The molecule has 0 atom stereocenters. The standard InChI is InChI=1S/C28H28O3/c1-18-6-9-20(10-7-18)17-30-27-25(29)23-15-8-19(2)16-24(23)31-26(27)21-11-13-22(14-12-21)28(3,4)5/h6-16H,17H2,1-5H3. The molecule has 0 radical (unpaired) electrons. The summed E-state index contributed by atoms with van der Waals surface area (Å²) in [6.07, 6.45) is 0. The fourth-order valence-electron chi connectivity index (χ4n) is 3.57. The van der Waals surface area contributed by atoms with E-state index in [9.17, 15) is 4.79 Å². The van der Waals surface area contributed by atoms with E-state index in [0.29, 0.717) is 23.3 Å². The highest BCUT2D eigenvalue weighted by atomic mass is 16.5. The van der Waals surface area contributed by atoms with Crippen LogP contribution >= 0.6 is 0 Å². The Morgan fingerprint density at radius 2 is 1.48 bits per heavy atom. The zero-order chi connectivity index (χ0) is 22.2. The molecule has 3 nitrogen and oxygen atoms in total. The minimum absolute atomic E-state index is 0.0463. The van der Waals surface area contributed by atoms with Gasteiger partial charge in [-0.05, 0) is 48.1 Å². The molecule has 0 spiro atoms. The van der Waals surface area contributed by atoms with Gasteiger partial charge in [-0.3, -0.25) is 4.79 Å². The molecule has 0 saturated carbocycles. The maximum absolute atomic E-state index is 13.4. The third-order valence-electron chi connectivity index (χ3n) is 5.52. The molecule has 3 aromatic carbocycles. The minimum atomic E-state index is -0.150. The van der Waals surface area contributed by atoms with E-state index in [1.807, 2.05) is 68.4 Å². The van der Waals surface area contributed by atoms with E-state index in [-0.39, 0.29) is 16.6 Å². The van der Waals surface area contributed by atoms with E-state index >= 15 is 0 Å². The molecule has 0 bridgehead atoms. The van der Waals surface area contributed by atoms with Crippen LogP contribution in [0.2, 0.25) is 0 Å². The zero-order valence-electron chi connectivity index (χ0n) is 18.8. The van der Waals surface area contributed by atoms with Gasteiger partial charge in [0.2, 0.25) is 11.2 Å². The highest BCUT2D eigenvalue weighted by Crippen LogP contribution is 2.33. The number of aryl methyl sites for hydroxylation is 2. The third kappa shape index (κ3) is 4.41. The van der Waals surface area contributed by atoms with Gasteiger partial charge < -0.3 is 9.15 Å². The van der Waals surface area contributed by atoms with Gasteiger partial charge in [0, 0.05) is 5.56 Å². The molecule has 0 aliphatic rings. The van der Waals surface area contributed by atoms with Gasteiger partial charge in [0.15, 0.2) is 5.76 Å². The summed E-state index contributed by atoms with van der Waals surface area (Å²) in [7, 11) is 0. The van der Waals surface area contributed by atoms with Crippen LogP contribution in [0.15, 0.2) is 75.9 Å². The van der Waals surface area contributed by atoms with E-state index in [0.717, 1.165) is 16.7 Å². The van der Waals surface area contributed by atoms with Gasteiger partial charge in [-0.2, -0.15) is 0 Å². The average molecular weight is 413 g/mol. The summed E-state index contributed by atoms with van der Waals surface area (Å²) in [6, 6.07) is 21.9. The Bertz CT molecular complexity index is 1270. The van der Waals surface area contributed by atoms with Gasteiger partial charge >= 0.3 is 0 Å². The Labute approximate surface area is 183 Å². The van der Waals surface area contributed by atoms with E-state index in [2.05, 4.69) is 32.9 Å². The van der Waals surface area contributed by atoms with Crippen LogP contribution < -0.4 is 10.2 Å². The van der Waals surface area contributed by atoms with Crippen LogP contribution in [0.3, 0.4) is 0 Å². The molecule has 4 aromatic rings. The van der Waals surface area contributed by atoms with E-state index in [1.54, 1.807) is 0 Å². The summed E-state index contributed by atoms with van der Waals surface area (Å²) in [6.45, 7) is 10.9. The lowest BCUT2D eigenvalue weighted by molar-refractivity contribution is 0.298. The molecule has 0 saturated heterocycles. The summed E-state index contributed by atoms with van der Waals surface area (Å²) in [5, 5.41) is 0.527. The smallest absolute Gasteiger partial charge is 0.235 e. The number of rotatable bonds is 4. The molecule has 4 rings (SSSR count). The highest BCUT2D eigenvalue weighted by molar-refractivity contribution is 5.82. The largest absolute Gasteiger partial charge is 0.481 e. The van der Waals surface area contributed by atoms with Crippen molar-refractivity contribution in [2.24, 2.45) is 0 Å². The van der Waals surface area contributed by atoms with Crippen LogP contribution in [0.4, 0.5) is 0 Å². The van der Waals surface area contributed by atoms with E-state index in [1.165, 1.54) is 11.1 Å². The fraction of sp³-hybridized carbons (Fsp3) is 0.250. The number of hydrogen-bond acceptors (Lipinski definition) is 3. The van der Waals surface area contributed by atoms with Crippen molar-refractivity contribution >= 4 is 11.0 Å². The van der Waals surface area contributed by atoms with Crippen molar-refractivity contribution < 1.29 is 9.15 Å². The van der Waals surface area contributed by atoms with Crippen molar-refractivity contribution in [1.29, 1.82) is 0 Å². The molecule has 31 heavy (non-hydrogen) atoms. The Morgan fingerprint density at radius 1 is 0.839 bits per heavy atom. The second-order valence-electron chi connectivity index (χ2n) is 9.19. The predicted molar refractivity (Wildman–Crippen MR) is 127 cm³/mol. The number of ether oxygens (including phenoxy) is 1. The molecular weight excluding hydrogens is 384 g/mol. The molecule has 0 fully saturated rings. The summed E-state index contributed by atoms with van der Waals surface area (Å²) < 4.78 is 12.3. The van der Waals surface area contributed by atoms with Crippen molar-refractivity contribution in [3.63, 3.8) is 0 Å². The van der Waals surface area contributed by atoms with Crippen LogP contribution in [0.25, 0.3) is 22.3 Å². The summed E-state index contributed by atoms with van der Waals surface area (Å²) in [5.41, 5.74) is 5.74. The van der Waals surface area contributed by atoms with Gasteiger partial charge in [0.05, 0.1) is 5.39 Å². The van der Waals surface area contributed by atoms with Crippen molar-refractivity contribution in [2.45, 2.75) is 46.6 Å². The topological polar surface area (TPSA) is 39.4 Å². The summed E-state index contributed by atoms with van der Waals surface area (Å²) in [5.74, 6) is 0.719. The quantitative estimate of drug-likeness (QED) is 0.364. The van der Waals surface area contributed by atoms with Crippen LogP contribution in [-0.2, 0) is 12.0 Å². The third-order valence-corrected chi connectivity index (χ3v) is 5.52. The van der Waals surface area contributed by atoms with Gasteiger partial charge in [-0.15, -0.1) is 0 Å². The normalized spacial score (nSPS) is 11.6. The average Bonchev–Trinajstić information content (AvgIpc) is 2.73. The molecule has 1 aromatic heterocycles. The maximum atomic E-state index is 13.4. The van der Waals surface area contributed by atoms with Crippen molar-refractivity contribution in [2.75, 3.05) is 0 Å². The number of benzene rings is 3. The molecule has 0 N–H and O–H groups in total. The fourth-order valence-corrected chi connectivity index (χ4v) is 3.57. The first kappa shape index (κ1) is 20.9. The molecule has 0 amide bonds. The zero-order valence-corrected chi connectivity index (χ0v) is 18.8. The monoisotopic (exact) mass is 412 g/mol. The summed E-state index contributed by atoms with van der Waals surface area (Å²) in [4.78, 5) is 13.4. The Hall–Kier alpha value is -3.33. The number of fused-ring (bicyclic) bond motifs is 1. The van der Waals surface area contributed by atoms with Gasteiger partial charge in [0.25, 0.3) is 0 Å². The van der Waals surface area contributed by atoms with Crippen LogP contribution in [0.1, 0.15) is 43.0 Å².